The molecule has 2 aromatic carbocycles. The molecular formula is C23H22Cl2N4O4. The fourth-order valence-corrected chi connectivity index (χ4v) is 3.75. The van der Waals surface area contributed by atoms with Gasteiger partial charge in [-0.1, -0.05) is 40.5 Å². The van der Waals surface area contributed by atoms with Gasteiger partial charge in [-0.25, -0.2) is 0 Å². The molecule has 0 spiro atoms. The van der Waals surface area contributed by atoms with Gasteiger partial charge in [0.1, 0.15) is 11.3 Å². The minimum Gasteiger partial charge on any atom is -0.361 e. The van der Waals surface area contributed by atoms with Crippen molar-refractivity contribution < 1.29 is 18.9 Å². The summed E-state index contributed by atoms with van der Waals surface area (Å²) in [5, 5.41) is 12.8. The Kier molecular flexibility index (Phi) is 7.73. The number of anilines is 1. The second-order valence-electron chi connectivity index (χ2n) is 7.37. The van der Waals surface area contributed by atoms with Crippen LogP contribution >= 0.6 is 23.2 Å². The maximum atomic E-state index is 12.9. The molecule has 33 heavy (non-hydrogen) atoms. The van der Waals surface area contributed by atoms with E-state index < -0.39 is 11.9 Å². The van der Waals surface area contributed by atoms with Gasteiger partial charge in [-0.3, -0.25) is 14.4 Å². The van der Waals surface area contributed by atoms with Crippen LogP contribution in [0.1, 0.15) is 50.7 Å². The SMILES string of the molecule is CC(=O)Nc1ccc(C(=O)NCC(NC(=O)c2c(C)noc2C)c2cccc(Cl)c2)c(Cl)c1. The summed E-state index contributed by atoms with van der Waals surface area (Å²) in [6.45, 7) is 4.77. The standard InChI is InChI=1S/C23H22Cl2N4O4/c1-12-21(13(2)33-29-12)23(32)28-20(15-5-4-6-16(24)9-15)11-26-22(31)18-8-7-17(10-19(18)25)27-14(3)30/h4-10,20H,11H2,1-3H3,(H,26,31)(H,27,30)(H,28,32). The third-order valence-corrected chi connectivity index (χ3v) is 5.37. The van der Waals surface area contributed by atoms with Crippen LogP contribution in [-0.2, 0) is 4.79 Å². The molecule has 1 aromatic heterocycles. The molecule has 0 radical (unpaired) electrons. The maximum Gasteiger partial charge on any atom is 0.257 e. The monoisotopic (exact) mass is 488 g/mol. The number of halogens is 2. The topological polar surface area (TPSA) is 113 Å². The minimum atomic E-state index is -0.591. The average Bonchev–Trinajstić information content (AvgIpc) is 3.08. The Bertz CT molecular complexity index is 1190. The number of benzene rings is 2. The van der Waals surface area contributed by atoms with Crippen molar-refractivity contribution in [2.24, 2.45) is 0 Å². The Balaban J connectivity index is 1.78. The zero-order valence-corrected chi connectivity index (χ0v) is 19.7. The first-order valence-corrected chi connectivity index (χ1v) is 10.8. The molecule has 3 aromatic rings. The molecule has 0 saturated carbocycles. The predicted octanol–water partition coefficient (Wildman–Crippen LogP) is 4.46. The lowest BCUT2D eigenvalue weighted by molar-refractivity contribution is -0.114. The minimum absolute atomic E-state index is 0.0675. The lowest BCUT2D eigenvalue weighted by Gasteiger charge is -2.20. The summed E-state index contributed by atoms with van der Waals surface area (Å²) >= 11 is 12.4. The molecule has 0 bridgehead atoms. The number of amides is 3. The van der Waals surface area contributed by atoms with Crippen LogP contribution in [0.4, 0.5) is 5.69 Å². The second kappa shape index (κ2) is 10.5. The largest absolute Gasteiger partial charge is 0.361 e. The number of aromatic nitrogens is 1. The first kappa shape index (κ1) is 24.3. The maximum absolute atomic E-state index is 12.9. The van der Waals surface area contributed by atoms with Crippen LogP contribution in [-0.4, -0.2) is 29.4 Å². The molecule has 10 heteroatoms. The quantitative estimate of drug-likeness (QED) is 0.454. The van der Waals surface area contributed by atoms with Gasteiger partial charge in [0.05, 0.1) is 22.3 Å². The van der Waals surface area contributed by atoms with Crippen molar-refractivity contribution in [3.63, 3.8) is 0 Å². The Morgan fingerprint density at radius 2 is 1.82 bits per heavy atom. The van der Waals surface area contributed by atoms with Gasteiger partial charge >= 0.3 is 0 Å². The van der Waals surface area contributed by atoms with Crippen molar-refractivity contribution in [2.45, 2.75) is 26.8 Å². The lowest BCUT2D eigenvalue weighted by atomic mass is 10.1. The summed E-state index contributed by atoms with van der Waals surface area (Å²) in [5.41, 5.74) is 2.21. The molecule has 0 aliphatic rings. The predicted molar refractivity (Wildman–Crippen MR) is 126 cm³/mol. The zero-order chi connectivity index (χ0) is 24.1. The number of hydrogen-bond acceptors (Lipinski definition) is 5. The van der Waals surface area contributed by atoms with Crippen molar-refractivity contribution in [3.05, 3.63) is 80.7 Å². The van der Waals surface area contributed by atoms with E-state index in [1.807, 2.05) is 0 Å². The molecule has 172 valence electrons. The van der Waals surface area contributed by atoms with E-state index in [0.717, 1.165) is 0 Å². The Labute approximate surface area is 200 Å². The first-order valence-electron chi connectivity index (χ1n) is 10.00. The van der Waals surface area contributed by atoms with E-state index in [-0.39, 0.29) is 28.9 Å². The van der Waals surface area contributed by atoms with Gasteiger partial charge in [-0.2, -0.15) is 0 Å². The van der Waals surface area contributed by atoms with Crippen LogP contribution < -0.4 is 16.0 Å². The van der Waals surface area contributed by atoms with Crippen LogP contribution in [0, 0.1) is 13.8 Å². The fraction of sp³-hybridized carbons (Fsp3) is 0.217. The van der Waals surface area contributed by atoms with Gasteiger partial charge < -0.3 is 20.5 Å². The molecule has 0 aliphatic heterocycles. The average molecular weight is 489 g/mol. The normalized spacial score (nSPS) is 11.5. The highest BCUT2D eigenvalue weighted by Gasteiger charge is 2.23. The van der Waals surface area contributed by atoms with E-state index in [9.17, 15) is 14.4 Å². The fourth-order valence-electron chi connectivity index (χ4n) is 3.28. The second-order valence-corrected chi connectivity index (χ2v) is 8.21. The molecule has 0 saturated heterocycles. The van der Waals surface area contributed by atoms with E-state index in [2.05, 4.69) is 21.1 Å². The van der Waals surface area contributed by atoms with E-state index >= 15 is 0 Å². The highest BCUT2D eigenvalue weighted by Crippen LogP contribution is 2.23. The summed E-state index contributed by atoms with van der Waals surface area (Å²) in [4.78, 5) is 36.9. The van der Waals surface area contributed by atoms with Gasteiger partial charge in [-0.15, -0.1) is 0 Å². The molecule has 1 atom stereocenters. The van der Waals surface area contributed by atoms with Gasteiger partial charge in [0.25, 0.3) is 11.8 Å². The highest BCUT2D eigenvalue weighted by atomic mass is 35.5. The summed E-state index contributed by atoms with van der Waals surface area (Å²) in [5.74, 6) is -0.678. The van der Waals surface area contributed by atoms with Crippen LogP contribution in [0.2, 0.25) is 10.0 Å². The number of carbonyl (C=O) groups is 3. The third kappa shape index (κ3) is 6.12. The molecular weight excluding hydrogens is 467 g/mol. The summed E-state index contributed by atoms with van der Waals surface area (Å²) in [6.07, 6.45) is 0. The van der Waals surface area contributed by atoms with Crippen molar-refractivity contribution in [1.82, 2.24) is 15.8 Å². The Morgan fingerprint density at radius 3 is 2.42 bits per heavy atom. The zero-order valence-electron chi connectivity index (χ0n) is 18.2. The van der Waals surface area contributed by atoms with Crippen molar-refractivity contribution >= 4 is 46.6 Å². The van der Waals surface area contributed by atoms with Crippen LogP contribution in [0.3, 0.4) is 0 Å². The molecule has 1 heterocycles. The number of hydrogen-bond donors (Lipinski definition) is 3. The Hall–Kier alpha value is -3.36. The number of nitrogens with one attached hydrogen (secondary N) is 3. The molecule has 3 rings (SSSR count). The van der Waals surface area contributed by atoms with Gasteiger partial charge in [-0.05, 0) is 49.7 Å². The van der Waals surface area contributed by atoms with Crippen molar-refractivity contribution in [3.8, 4) is 0 Å². The Morgan fingerprint density at radius 1 is 1.06 bits per heavy atom. The van der Waals surface area contributed by atoms with Crippen LogP contribution in [0.5, 0.6) is 0 Å². The van der Waals surface area contributed by atoms with E-state index in [4.69, 9.17) is 27.7 Å². The van der Waals surface area contributed by atoms with Gasteiger partial charge in [0, 0.05) is 24.2 Å². The highest BCUT2D eigenvalue weighted by molar-refractivity contribution is 6.34. The van der Waals surface area contributed by atoms with Crippen LogP contribution in [0.25, 0.3) is 0 Å². The summed E-state index contributed by atoms with van der Waals surface area (Å²) in [6, 6.07) is 11.0. The van der Waals surface area contributed by atoms with E-state index in [0.29, 0.717) is 33.3 Å². The number of nitrogens with zero attached hydrogens (tertiary/aromatic N) is 1. The smallest absolute Gasteiger partial charge is 0.257 e. The number of aryl methyl sites for hydroxylation is 2. The molecule has 3 amide bonds. The van der Waals surface area contributed by atoms with Crippen molar-refractivity contribution in [1.29, 1.82) is 0 Å². The van der Waals surface area contributed by atoms with Crippen LogP contribution in [0.15, 0.2) is 47.0 Å². The number of carbonyl (C=O) groups excluding carboxylic acids is 3. The summed E-state index contributed by atoms with van der Waals surface area (Å²) in [7, 11) is 0. The van der Waals surface area contributed by atoms with E-state index in [1.54, 1.807) is 44.2 Å². The van der Waals surface area contributed by atoms with E-state index in [1.165, 1.54) is 19.1 Å². The van der Waals surface area contributed by atoms with Gasteiger partial charge in [0.15, 0.2) is 0 Å². The lowest BCUT2D eigenvalue weighted by Crippen LogP contribution is -2.38. The van der Waals surface area contributed by atoms with Crippen molar-refractivity contribution in [2.75, 3.05) is 11.9 Å². The molecule has 3 N–H and O–H groups in total. The first-order chi connectivity index (χ1) is 15.7. The van der Waals surface area contributed by atoms with Gasteiger partial charge in [0.2, 0.25) is 5.91 Å². The molecule has 1 unspecified atom stereocenters. The molecule has 8 nitrogen and oxygen atoms in total. The number of rotatable bonds is 7. The third-order valence-electron chi connectivity index (χ3n) is 4.82. The molecule has 0 aliphatic carbocycles. The summed E-state index contributed by atoms with van der Waals surface area (Å²) < 4.78 is 5.08. The molecule has 0 fully saturated rings.